The lowest BCUT2D eigenvalue weighted by atomic mass is 9.92. The largest absolute Gasteiger partial charge is 0.350 e. The van der Waals surface area contributed by atoms with Crippen LogP contribution in [0, 0.1) is 0 Å². The first-order valence-electron chi connectivity index (χ1n) is 10.4. The van der Waals surface area contributed by atoms with E-state index in [-0.39, 0.29) is 27.8 Å². The van der Waals surface area contributed by atoms with E-state index in [1.165, 1.54) is 12.1 Å². The second-order valence-electron chi connectivity index (χ2n) is 9.06. The van der Waals surface area contributed by atoms with Gasteiger partial charge in [-0.2, -0.15) is 5.10 Å². The molecule has 3 aromatic rings. The van der Waals surface area contributed by atoms with Gasteiger partial charge in [0.2, 0.25) is 5.91 Å². The Bertz CT molecular complexity index is 1290. The van der Waals surface area contributed by atoms with Crippen molar-refractivity contribution in [1.29, 1.82) is 0 Å². The van der Waals surface area contributed by atoms with Crippen molar-refractivity contribution in [1.82, 2.24) is 15.1 Å². The second kappa shape index (κ2) is 9.49. The molecular formula is C24H27Cl2N3O3S. The van der Waals surface area contributed by atoms with Crippen molar-refractivity contribution in [3.8, 4) is 5.69 Å². The Labute approximate surface area is 204 Å². The molecule has 1 amide bonds. The number of hydrogen-bond donors (Lipinski definition) is 1. The van der Waals surface area contributed by atoms with E-state index in [9.17, 15) is 13.2 Å². The predicted molar refractivity (Wildman–Crippen MR) is 132 cm³/mol. The van der Waals surface area contributed by atoms with E-state index in [2.05, 4.69) is 26.1 Å². The molecule has 0 aliphatic carbocycles. The Morgan fingerprint density at radius 1 is 1.12 bits per heavy atom. The summed E-state index contributed by atoms with van der Waals surface area (Å²) in [5.41, 5.74) is 2.96. The molecule has 0 aliphatic heterocycles. The fourth-order valence-electron chi connectivity index (χ4n) is 3.31. The minimum absolute atomic E-state index is 0.0423. The summed E-state index contributed by atoms with van der Waals surface area (Å²) in [4.78, 5) is 12.9. The van der Waals surface area contributed by atoms with Crippen LogP contribution < -0.4 is 5.32 Å². The standard InChI is InChI=1S/C24H27Cl2N3O3S/c1-15(16-9-10-21(20(26)11-16)33(5,31)32)23(30)27-14-19-13-22(24(2,3)4)28-29(19)18-8-6-7-17(25)12-18/h6-13,15H,14H2,1-5H3,(H,27,30). The van der Waals surface area contributed by atoms with E-state index in [4.69, 9.17) is 28.3 Å². The SMILES string of the molecule is CC(C(=O)NCc1cc(C(C)(C)C)nn1-c1cccc(Cl)c1)c1ccc(S(C)(=O)=O)c(Cl)c1. The molecular weight excluding hydrogens is 481 g/mol. The van der Waals surface area contributed by atoms with Gasteiger partial charge in [0.25, 0.3) is 0 Å². The van der Waals surface area contributed by atoms with Crippen LogP contribution in [0.3, 0.4) is 0 Å². The molecule has 0 bridgehead atoms. The molecule has 6 nitrogen and oxygen atoms in total. The van der Waals surface area contributed by atoms with Crippen LogP contribution >= 0.6 is 23.2 Å². The Balaban J connectivity index is 1.83. The lowest BCUT2D eigenvalue weighted by Gasteiger charge is -2.15. The van der Waals surface area contributed by atoms with Crippen LogP contribution in [-0.4, -0.2) is 30.4 Å². The lowest BCUT2D eigenvalue weighted by molar-refractivity contribution is -0.122. The number of carbonyl (C=O) groups excluding carboxylic acids is 1. The second-order valence-corrected chi connectivity index (χ2v) is 11.9. The van der Waals surface area contributed by atoms with E-state index in [0.717, 1.165) is 23.3 Å². The molecule has 0 radical (unpaired) electrons. The van der Waals surface area contributed by atoms with Gasteiger partial charge in [-0.3, -0.25) is 4.79 Å². The summed E-state index contributed by atoms with van der Waals surface area (Å²) in [7, 11) is -3.44. The maximum absolute atomic E-state index is 12.9. The third-order valence-corrected chi connectivity index (χ3v) is 7.11. The lowest BCUT2D eigenvalue weighted by Crippen LogP contribution is -2.28. The normalized spacial score (nSPS) is 13.1. The minimum atomic E-state index is -3.44. The predicted octanol–water partition coefficient (Wildman–Crippen LogP) is 5.30. The van der Waals surface area contributed by atoms with Crippen molar-refractivity contribution in [3.05, 3.63) is 75.5 Å². The average molecular weight is 508 g/mol. The molecule has 9 heteroatoms. The van der Waals surface area contributed by atoms with Gasteiger partial charge in [0, 0.05) is 16.7 Å². The van der Waals surface area contributed by atoms with Gasteiger partial charge in [0.1, 0.15) is 0 Å². The summed E-state index contributed by atoms with van der Waals surface area (Å²) in [5.74, 6) is -0.741. The first-order valence-corrected chi connectivity index (χ1v) is 13.0. The molecule has 0 saturated heterocycles. The number of nitrogens with one attached hydrogen (secondary N) is 1. The monoisotopic (exact) mass is 507 g/mol. The van der Waals surface area contributed by atoms with Crippen molar-refractivity contribution in [2.24, 2.45) is 0 Å². The molecule has 3 rings (SSSR count). The van der Waals surface area contributed by atoms with Crippen molar-refractivity contribution in [2.75, 3.05) is 6.26 Å². The molecule has 1 unspecified atom stereocenters. The van der Waals surface area contributed by atoms with Crippen LogP contribution in [0.2, 0.25) is 10.0 Å². The van der Waals surface area contributed by atoms with E-state index in [1.807, 2.05) is 24.3 Å². The number of amides is 1. The first kappa shape index (κ1) is 25.3. The summed E-state index contributed by atoms with van der Waals surface area (Å²) >= 11 is 12.3. The zero-order valence-corrected chi connectivity index (χ0v) is 21.5. The molecule has 0 fully saturated rings. The van der Waals surface area contributed by atoms with E-state index in [1.54, 1.807) is 23.7 Å². The van der Waals surface area contributed by atoms with Gasteiger partial charge in [-0.1, -0.05) is 56.1 Å². The fraction of sp³-hybridized carbons (Fsp3) is 0.333. The molecule has 0 aliphatic rings. The number of benzene rings is 2. The number of halogens is 2. The summed E-state index contributed by atoms with van der Waals surface area (Å²) in [5, 5.41) is 8.40. The van der Waals surface area contributed by atoms with Crippen LogP contribution in [0.25, 0.3) is 5.69 Å². The molecule has 2 aromatic carbocycles. The zero-order chi connectivity index (χ0) is 24.6. The van der Waals surface area contributed by atoms with Crippen molar-refractivity contribution in [2.45, 2.75) is 50.5 Å². The molecule has 0 saturated carbocycles. The van der Waals surface area contributed by atoms with Crippen molar-refractivity contribution < 1.29 is 13.2 Å². The number of carbonyl (C=O) groups is 1. The van der Waals surface area contributed by atoms with Gasteiger partial charge >= 0.3 is 0 Å². The van der Waals surface area contributed by atoms with Gasteiger partial charge in [-0.05, 0) is 48.9 Å². The Hall–Kier alpha value is -2.35. The smallest absolute Gasteiger partial charge is 0.227 e. The summed E-state index contributed by atoms with van der Waals surface area (Å²) < 4.78 is 25.4. The Morgan fingerprint density at radius 3 is 2.39 bits per heavy atom. The third-order valence-electron chi connectivity index (χ3n) is 5.30. The summed E-state index contributed by atoms with van der Waals surface area (Å²) in [6.45, 7) is 8.23. The number of rotatable bonds is 6. The quantitative estimate of drug-likeness (QED) is 0.490. The summed E-state index contributed by atoms with van der Waals surface area (Å²) in [6, 6.07) is 13.9. The number of aromatic nitrogens is 2. The van der Waals surface area contributed by atoms with Gasteiger partial charge < -0.3 is 5.32 Å². The van der Waals surface area contributed by atoms with Crippen LogP contribution in [0.1, 0.15) is 50.6 Å². The van der Waals surface area contributed by atoms with E-state index in [0.29, 0.717) is 10.6 Å². The number of nitrogens with zero attached hydrogens (tertiary/aromatic N) is 2. The zero-order valence-electron chi connectivity index (χ0n) is 19.2. The maximum atomic E-state index is 12.9. The number of sulfone groups is 1. The topological polar surface area (TPSA) is 81.1 Å². The molecule has 1 heterocycles. The highest BCUT2D eigenvalue weighted by atomic mass is 35.5. The molecule has 33 heavy (non-hydrogen) atoms. The van der Waals surface area contributed by atoms with E-state index >= 15 is 0 Å². The van der Waals surface area contributed by atoms with E-state index < -0.39 is 15.8 Å². The Kier molecular flexibility index (Phi) is 7.27. The highest BCUT2D eigenvalue weighted by molar-refractivity contribution is 7.90. The fourth-order valence-corrected chi connectivity index (χ4v) is 4.84. The van der Waals surface area contributed by atoms with Crippen LogP contribution in [0.15, 0.2) is 53.4 Å². The van der Waals surface area contributed by atoms with Crippen molar-refractivity contribution in [3.63, 3.8) is 0 Å². The van der Waals surface area contributed by atoms with Crippen molar-refractivity contribution >= 4 is 38.9 Å². The van der Waals surface area contributed by atoms with Crippen LogP contribution in [-0.2, 0) is 26.6 Å². The van der Waals surface area contributed by atoms with Gasteiger partial charge in [-0.15, -0.1) is 0 Å². The van der Waals surface area contributed by atoms with Gasteiger partial charge in [0.05, 0.1) is 39.5 Å². The molecule has 1 N–H and O–H groups in total. The maximum Gasteiger partial charge on any atom is 0.227 e. The average Bonchev–Trinajstić information content (AvgIpc) is 3.15. The third kappa shape index (κ3) is 5.96. The highest BCUT2D eigenvalue weighted by Crippen LogP contribution is 2.27. The van der Waals surface area contributed by atoms with Crippen LogP contribution in [0.4, 0.5) is 0 Å². The van der Waals surface area contributed by atoms with Gasteiger partial charge in [-0.25, -0.2) is 13.1 Å². The highest BCUT2D eigenvalue weighted by Gasteiger charge is 2.23. The molecule has 1 atom stereocenters. The summed E-state index contributed by atoms with van der Waals surface area (Å²) in [6.07, 6.45) is 1.10. The number of hydrogen-bond acceptors (Lipinski definition) is 4. The van der Waals surface area contributed by atoms with Crippen LogP contribution in [0.5, 0.6) is 0 Å². The molecule has 1 aromatic heterocycles. The molecule has 176 valence electrons. The van der Waals surface area contributed by atoms with Gasteiger partial charge in [0.15, 0.2) is 9.84 Å². The first-order chi connectivity index (χ1) is 15.3. The minimum Gasteiger partial charge on any atom is -0.350 e. The Morgan fingerprint density at radius 2 is 1.82 bits per heavy atom. The molecule has 0 spiro atoms.